The molecule has 31 heavy (non-hydrogen) atoms. The fraction of sp³-hybridized carbons (Fsp3) is 0.346. The van der Waals surface area contributed by atoms with Crippen molar-refractivity contribution in [3.05, 3.63) is 93.6 Å². The first-order chi connectivity index (χ1) is 15.2. The SMILES string of the molecule is Cc1cn(CCCC2=CC3=CC=C[N-]C3=C(C3CCNCC3)c3ccc(Cl)cc32)cn1. The van der Waals surface area contributed by atoms with Gasteiger partial charge in [-0.15, -0.1) is 5.70 Å². The van der Waals surface area contributed by atoms with Crippen LogP contribution >= 0.6 is 11.6 Å². The maximum absolute atomic E-state index is 6.50. The number of halogens is 1. The van der Waals surface area contributed by atoms with Gasteiger partial charge in [-0.3, -0.25) is 0 Å². The van der Waals surface area contributed by atoms with Gasteiger partial charge in [0.25, 0.3) is 0 Å². The summed E-state index contributed by atoms with van der Waals surface area (Å²) in [6.07, 6.45) is 16.9. The maximum Gasteiger partial charge on any atom is 0.0949 e. The molecule has 4 nitrogen and oxygen atoms in total. The molecule has 0 atom stereocenters. The molecule has 3 heterocycles. The Bertz CT molecular complexity index is 1100. The zero-order chi connectivity index (χ0) is 21.2. The Morgan fingerprint density at radius 3 is 2.90 bits per heavy atom. The Labute approximate surface area is 189 Å². The molecule has 0 radical (unpaired) electrons. The second-order valence-electron chi connectivity index (χ2n) is 8.60. The topological polar surface area (TPSA) is 44.0 Å². The van der Waals surface area contributed by atoms with Crippen molar-refractivity contribution in [1.29, 1.82) is 0 Å². The van der Waals surface area contributed by atoms with Gasteiger partial charge >= 0.3 is 0 Å². The van der Waals surface area contributed by atoms with E-state index in [4.69, 9.17) is 16.9 Å². The van der Waals surface area contributed by atoms with Gasteiger partial charge in [0.2, 0.25) is 0 Å². The minimum Gasteiger partial charge on any atom is -0.663 e. The summed E-state index contributed by atoms with van der Waals surface area (Å²) in [7, 11) is 0. The van der Waals surface area contributed by atoms with E-state index in [2.05, 4.69) is 45.3 Å². The van der Waals surface area contributed by atoms with Gasteiger partial charge in [0.05, 0.1) is 12.0 Å². The van der Waals surface area contributed by atoms with Crippen LogP contribution in [0.3, 0.4) is 0 Å². The molecule has 1 aromatic heterocycles. The highest BCUT2D eigenvalue weighted by Gasteiger charge is 2.25. The van der Waals surface area contributed by atoms with E-state index in [-0.39, 0.29) is 0 Å². The number of aromatic nitrogens is 2. The van der Waals surface area contributed by atoms with Crippen molar-refractivity contribution in [3.8, 4) is 0 Å². The molecule has 0 unspecified atom stereocenters. The number of aryl methyl sites for hydroxylation is 2. The third-order valence-electron chi connectivity index (χ3n) is 6.41. The average Bonchev–Trinajstić information content (AvgIpc) is 3.15. The summed E-state index contributed by atoms with van der Waals surface area (Å²) in [5.41, 5.74) is 8.72. The molecule has 2 aromatic rings. The molecule has 0 spiro atoms. The molecule has 5 heteroatoms. The van der Waals surface area contributed by atoms with Crippen molar-refractivity contribution < 1.29 is 0 Å². The van der Waals surface area contributed by atoms with Crippen LogP contribution in [0.1, 0.15) is 42.5 Å². The quantitative estimate of drug-likeness (QED) is 0.607. The van der Waals surface area contributed by atoms with Gasteiger partial charge in [0.15, 0.2) is 0 Å². The summed E-state index contributed by atoms with van der Waals surface area (Å²) >= 11 is 6.50. The van der Waals surface area contributed by atoms with E-state index < -0.39 is 0 Å². The van der Waals surface area contributed by atoms with Gasteiger partial charge in [-0.2, -0.15) is 6.20 Å². The lowest BCUT2D eigenvalue weighted by Crippen LogP contribution is -2.28. The molecule has 5 rings (SSSR count). The van der Waals surface area contributed by atoms with Gasteiger partial charge in [-0.25, -0.2) is 4.98 Å². The van der Waals surface area contributed by atoms with Crippen LogP contribution in [0.25, 0.3) is 16.5 Å². The molecule has 2 aliphatic heterocycles. The Morgan fingerprint density at radius 2 is 2.10 bits per heavy atom. The fourth-order valence-electron chi connectivity index (χ4n) is 4.95. The van der Waals surface area contributed by atoms with Crippen molar-refractivity contribution >= 4 is 22.7 Å². The molecular formula is C26H28ClN4-. The van der Waals surface area contributed by atoms with Gasteiger partial charge in [-0.1, -0.05) is 41.5 Å². The van der Waals surface area contributed by atoms with E-state index in [1.54, 1.807) is 0 Å². The van der Waals surface area contributed by atoms with Crippen LogP contribution in [-0.4, -0.2) is 22.6 Å². The summed E-state index contributed by atoms with van der Waals surface area (Å²) in [5.74, 6) is 0.511. The van der Waals surface area contributed by atoms with Crippen LogP contribution in [0.5, 0.6) is 0 Å². The number of nitrogens with zero attached hydrogens (tertiary/aromatic N) is 3. The van der Waals surface area contributed by atoms with E-state index in [0.29, 0.717) is 5.92 Å². The number of allylic oxidation sites excluding steroid dienone is 5. The average molecular weight is 432 g/mol. The molecule has 1 aromatic carbocycles. The standard InChI is InChI=1S/C26H28ClN4/c1-18-16-31(17-30-18)13-3-5-20-14-21-4-2-10-29-26(21)25(19-8-11-28-12-9-19)23-7-6-22(27)15-24(20)23/h2,4,6-7,10,14-17,19,28H,3,5,8-9,11-13H2,1H3/q-1. The molecule has 3 aliphatic rings. The lowest BCUT2D eigenvalue weighted by atomic mass is 9.81. The van der Waals surface area contributed by atoms with Crippen LogP contribution in [0.4, 0.5) is 0 Å². The lowest BCUT2D eigenvalue weighted by molar-refractivity contribution is 0.446. The molecule has 1 aliphatic carbocycles. The van der Waals surface area contributed by atoms with Gasteiger partial charge in [-0.05, 0) is 86.0 Å². The monoisotopic (exact) mass is 431 g/mol. The minimum atomic E-state index is 0.511. The van der Waals surface area contributed by atoms with E-state index in [1.807, 2.05) is 31.6 Å². The Hall–Kier alpha value is -2.56. The van der Waals surface area contributed by atoms with E-state index in [0.717, 1.165) is 61.7 Å². The van der Waals surface area contributed by atoms with Crippen molar-refractivity contribution in [1.82, 2.24) is 14.9 Å². The third-order valence-corrected chi connectivity index (χ3v) is 6.65. The fourth-order valence-corrected chi connectivity index (χ4v) is 5.12. The predicted molar refractivity (Wildman–Crippen MR) is 129 cm³/mol. The number of piperidine rings is 1. The first kappa shape index (κ1) is 20.3. The molecule has 1 N–H and O–H groups in total. The van der Waals surface area contributed by atoms with E-state index in [1.165, 1.54) is 27.8 Å². The zero-order valence-corrected chi connectivity index (χ0v) is 18.7. The highest BCUT2D eigenvalue weighted by Crippen LogP contribution is 2.46. The van der Waals surface area contributed by atoms with Gasteiger partial charge in [0.1, 0.15) is 0 Å². The minimum absolute atomic E-state index is 0.511. The molecule has 0 amide bonds. The van der Waals surface area contributed by atoms with Crippen LogP contribution < -0.4 is 5.32 Å². The maximum atomic E-state index is 6.50. The first-order valence-corrected chi connectivity index (χ1v) is 11.6. The Kier molecular flexibility index (Phi) is 5.84. The molecular weight excluding hydrogens is 404 g/mol. The summed E-state index contributed by atoms with van der Waals surface area (Å²) in [4.78, 5) is 4.35. The zero-order valence-electron chi connectivity index (χ0n) is 17.9. The molecule has 1 fully saturated rings. The van der Waals surface area contributed by atoms with Crippen LogP contribution in [-0.2, 0) is 6.54 Å². The van der Waals surface area contributed by atoms with Crippen molar-refractivity contribution in [2.45, 2.75) is 39.2 Å². The summed E-state index contributed by atoms with van der Waals surface area (Å²) in [6, 6.07) is 6.39. The molecule has 0 bridgehead atoms. The van der Waals surface area contributed by atoms with Gasteiger partial charge < -0.3 is 15.2 Å². The Balaban J connectivity index is 1.53. The molecule has 1 saturated heterocycles. The summed E-state index contributed by atoms with van der Waals surface area (Å²) in [6.45, 7) is 5.11. The number of hydrogen-bond acceptors (Lipinski definition) is 2. The predicted octanol–water partition coefficient (Wildman–Crippen LogP) is 6.26. The first-order valence-electron chi connectivity index (χ1n) is 11.2. The third kappa shape index (κ3) is 4.28. The molecule has 0 saturated carbocycles. The number of rotatable bonds is 5. The van der Waals surface area contributed by atoms with Gasteiger partial charge in [0, 0.05) is 17.8 Å². The van der Waals surface area contributed by atoms with Crippen LogP contribution in [0.2, 0.25) is 5.02 Å². The number of fused-ring (bicyclic) bond motifs is 2. The normalized spacial score (nSPS) is 18.6. The summed E-state index contributed by atoms with van der Waals surface area (Å²) in [5, 5.41) is 9.17. The highest BCUT2D eigenvalue weighted by atomic mass is 35.5. The van der Waals surface area contributed by atoms with Crippen LogP contribution in [0, 0.1) is 12.8 Å². The number of imidazole rings is 1. The number of hydrogen-bond donors (Lipinski definition) is 1. The van der Waals surface area contributed by atoms with Crippen LogP contribution in [0.15, 0.2) is 66.4 Å². The smallest absolute Gasteiger partial charge is 0.0949 e. The number of nitrogens with one attached hydrogen (secondary N) is 1. The second kappa shape index (κ2) is 8.89. The summed E-state index contributed by atoms with van der Waals surface area (Å²) < 4.78 is 2.17. The van der Waals surface area contributed by atoms with Crippen molar-refractivity contribution in [2.24, 2.45) is 5.92 Å². The molecule has 160 valence electrons. The Morgan fingerprint density at radius 1 is 1.23 bits per heavy atom. The highest BCUT2D eigenvalue weighted by molar-refractivity contribution is 6.30. The number of benzene rings is 1. The van der Waals surface area contributed by atoms with E-state index in [9.17, 15) is 0 Å². The lowest BCUT2D eigenvalue weighted by Gasteiger charge is -2.35. The van der Waals surface area contributed by atoms with Crippen molar-refractivity contribution in [3.63, 3.8) is 0 Å². The van der Waals surface area contributed by atoms with E-state index >= 15 is 0 Å². The van der Waals surface area contributed by atoms with Crippen molar-refractivity contribution in [2.75, 3.05) is 13.1 Å². The largest absolute Gasteiger partial charge is 0.663 e. The second-order valence-corrected chi connectivity index (χ2v) is 9.03.